The number of aromatic nitrogens is 2. The first-order chi connectivity index (χ1) is 14.8. The number of hydrogen-bond donors (Lipinski definition) is 0. The van der Waals surface area contributed by atoms with Crippen molar-refractivity contribution in [2.75, 3.05) is 13.1 Å². The Hall–Kier alpha value is -3.34. The molecule has 1 aliphatic rings. The first kappa shape index (κ1) is 18.7. The van der Waals surface area contributed by atoms with Gasteiger partial charge in [0, 0.05) is 42.1 Å². The van der Waals surface area contributed by atoms with Crippen molar-refractivity contribution in [3.05, 3.63) is 84.6 Å². The highest BCUT2D eigenvalue weighted by atomic mass is 16.3. The lowest BCUT2D eigenvalue weighted by atomic mass is 9.92. The second-order valence-electron chi connectivity index (χ2n) is 8.11. The highest BCUT2D eigenvalue weighted by Crippen LogP contribution is 2.25. The molecule has 1 aliphatic heterocycles. The molecule has 152 valence electrons. The summed E-state index contributed by atoms with van der Waals surface area (Å²) < 4.78 is 7.47. The molecule has 1 atom stereocenters. The van der Waals surface area contributed by atoms with Crippen molar-refractivity contribution in [1.82, 2.24) is 14.5 Å². The molecule has 0 bridgehead atoms. The van der Waals surface area contributed by atoms with Gasteiger partial charge in [-0.25, -0.2) is 4.98 Å². The maximum atomic E-state index is 13.1. The van der Waals surface area contributed by atoms with E-state index in [1.807, 2.05) is 46.0 Å². The predicted molar refractivity (Wildman–Crippen MR) is 117 cm³/mol. The Labute approximate surface area is 175 Å². The second kappa shape index (κ2) is 8.19. The zero-order valence-corrected chi connectivity index (χ0v) is 16.9. The molecular weight excluding hydrogens is 374 g/mol. The van der Waals surface area contributed by atoms with Gasteiger partial charge >= 0.3 is 0 Å². The zero-order valence-electron chi connectivity index (χ0n) is 16.9. The van der Waals surface area contributed by atoms with Crippen LogP contribution in [0.15, 0.2) is 77.9 Å². The lowest BCUT2D eigenvalue weighted by Crippen LogP contribution is -2.32. The van der Waals surface area contributed by atoms with Crippen LogP contribution >= 0.6 is 0 Å². The summed E-state index contributed by atoms with van der Waals surface area (Å²) in [4.78, 5) is 19.3. The molecule has 5 heteroatoms. The molecule has 5 rings (SSSR count). The van der Waals surface area contributed by atoms with E-state index in [9.17, 15) is 4.79 Å². The number of amides is 1. The van der Waals surface area contributed by atoms with Crippen molar-refractivity contribution in [2.45, 2.75) is 25.7 Å². The highest BCUT2D eigenvalue weighted by molar-refractivity contribution is 5.94. The normalized spacial score (nSPS) is 17.2. The number of hydrogen-bond acceptors (Lipinski definition) is 3. The fourth-order valence-electron chi connectivity index (χ4n) is 4.43. The summed E-state index contributed by atoms with van der Waals surface area (Å²) in [5.74, 6) is 0.710. The maximum Gasteiger partial charge on any atom is 0.253 e. The number of benzene rings is 2. The van der Waals surface area contributed by atoms with Gasteiger partial charge in [-0.1, -0.05) is 18.2 Å². The third-order valence-corrected chi connectivity index (χ3v) is 6.08. The van der Waals surface area contributed by atoms with Crippen LogP contribution in [0.2, 0.25) is 0 Å². The minimum Gasteiger partial charge on any atom is -0.464 e. The highest BCUT2D eigenvalue weighted by Gasteiger charge is 2.22. The Bertz CT molecular complexity index is 1150. The number of rotatable bonds is 4. The van der Waals surface area contributed by atoms with E-state index in [1.165, 1.54) is 5.56 Å². The fraction of sp³-hybridized carbons (Fsp3) is 0.280. The van der Waals surface area contributed by atoms with Gasteiger partial charge in [0.2, 0.25) is 0 Å². The third kappa shape index (κ3) is 3.88. The van der Waals surface area contributed by atoms with Crippen LogP contribution in [0.3, 0.4) is 0 Å². The predicted octanol–water partition coefficient (Wildman–Crippen LogP) is 5.10. The van der Waals surface area contributed by atoms with Gasteiger partial charge in [0.25, 0.3) is 5.91 Å². The van der Waals surface area contributed by atoms with Gasteiger partial charge in [-0.15, -0.1) is 0 Å². The van der Waals surface area contributed by atoms with Gasteiger partial charge < -0.3 is 13.9 Å². The number of carbonyl (C=O) groups excluding carboxylic acids is 1. The first-order valence-corrected chi connectivity index (χ1v) is 10.6. The lowest BCUT2D eigenvalue weighted by Gasteiger charge is -2.21. The molecule has 0 radical (unpaired) electrons. The lowest BCUT2D eigenvalue weighted by molar-refractivity contribution is 0.0760. The third-order valence-electron chi connectivity index (χ3n) is 6.08. The summed E-state index contributed by atoms with van der Waals surface area (Å²) in [5.41, 5.74) is 3.97. The van der Waals surface area contributed by atoms with Crippen LogP contribution in [0.4, 0.5) is 0 Å². The quantitative estimate of drug-likeness (QED) is 0.479. The minimum absolute atomic E-state index is 0.120. The second-order valence-corrected chi connectivity index (χ2v) is 8.11. The summed E-state index contributed by atoms with van der Waals surface area (Å²) >= 11 is 0. The van der Waals surface area contributed by atoms with E-state index in [0.29, 0.717) is 5.92 Å². The van der Waals surface area contributed by atoms with Crippen LogP contribution in [0.5, 0.6) is 0 Å². The molecule has 2 aromatic heterocycles. The average molecular weight is 399 g/mol. The molecule has 0 aliphatic carbocycles. The van der Waals surface area contributed by atoms with E-state index in [1.54, 1.807) is 18.8 Å². The molecule has 3 heterocycles. The van der Waals surface area contributed by atoms with Crippen molar-refractivity contribution in [1.29, 1.82) is 0 Å². The van der Waals surface area contributed by atoms with E-state index in [0.717, 1.165) is 61.0 Å². The van der Waals surface area contributed by atoms with E-state index in [4.69, 9.17) is 4.42 Å². The van der Waals surface area contributed by atoms with E-state index in [-0.39, 0.29) is 5.91 Å². The van der Waals surface area contributed by atoms with Crippen LogP contribution in [0.25, 0.3) is 16.7 Å². The monoisotopic (exact) mass is 399 g/mol. The molecule has 2 aromatic carbocycles. The van der Waals surface area contributed by atoms with Crippen molar-refractivity contribution in [3.63, 3.8) is 0 Å². The molecule has 0 saturated carbocycles. The zero-order chi connectivity index (χ0) is 20.3. The number of nitrogens with zero attached hydrogens (tertiary/aromatic N) is 3. The molecule has 0 spiro atoms. The molecule has 1 fully saturated rings. The molecule has 4 aromatic rings. The summed E-state index contributed by atoms with van der Waals surface area (Å²) in [7, 11) is 0. The van der Waals surface area contributed by atoms with E-state index >= 15 is 0 Å². The van der Waals surface area contributed by atoms with E-state index in [2.05, 4.69) is 23.2 Å². The molecule has 5 nitrogen and oxygen atoms in total. The van der Waals surface area contributed by atoms with Crippen molar-refractivity contribution < 1.29 is 9.21 Å². The van der Waals surface area contributed by atoms with E-state index < -0.39 is 0 Å². The topological polar surface area (TPSA) is 51.3 Å². The van der Waals surface area contributed by atoms with Crippen LogP contribution in [0.1, 0.15) is 35.2 Å². The Balaban J connectivity index is 1.25. The number of likely N-dealkylation sites (tertiary alicyclic amines) is 1. The van der Waals surface area contributed by atoms with Gasteiger partial charge in [-0.3, -0.25) is 4.79 Å². The molecule has 30 heavy (non-hydrogen) atoms. The fourth-order valence-corrected chi connectivity index (χ4v) is 4.43. The largest absolute Gasteiger partial charge is 0.464 e. The van der Waals surface area contributed by atoms with Crippen molar-refractivity contribution in [2.24, 2.45) is 5.92 Å². The number of fused-ring (bicyclic) bond motifs is 1. The van der Waals surface area contributed by atoms with Gasteiger partial charge in [0.1, 0.15) is 5.58 Å². The Morgan fingerprint density at radius 2 is 2.07 bits per heavy atom. The number of carbonyl (C=O) groups is 1. The standard InChI is InChI=1S/C25H25N3O2/c29-25(22-4-1-5-23(17-22)28-13-10-26-18-28)27-11-2-3-19(8-12-27)15-20-6-7-21-9-14-30-24(21)16-20/h1,4-7,9-10,13-14,16-19H,2-3,8,11-12,15H2. The van der Waals surface area contributed by atoms with Crippen LogP contribution < -0.4 is 0 Å². The average Bonchev–Trinajstić information content (AvgIpc) is 3.42. The summed E-state index contributed by atoms with van der Waals surface area (Å²) in [5, 5.41) is 1.15. The summed E-state index contributed by atoms with van der Waals surface area (Å²) in [6.07, 6.45) is 11.4. The molecular formula is C25H25N3O2. The van der Waals surface area contributed by atoms with Crippen LogP contribution in [-0.2, 0) is 6.42 Å². The van der Waals surface area contributed by atoms with Crippen LogP contribution in [-0.4, -0.2) is 33.4 Å². The number of furan rings is 1. The van der Waals surface area contributed by atoms with Crippen LogP contribution in [0, 0.1) is 5.92 Å². The van der Waals surface area contributed by atoms with Crippen molar-refractivity contribution in [3.8, 4) is 5.69 Å². The van der Waals surface area contributed by atoms with Gasteiger partial charge in [0.05, 0.1) is 12.6 Å². The van der Waals surface area contributed by atoms with Gasteiger partial charge in [0.15, 0.2) is 0 Å². The Morgan fingerprint density at radius 1 is 1.10 bits per heavy atom. The number of imidazole rings is 1. The summed E-state index contributed by atoms with van der Waals surface area (Å²) in [6.45, 7) is 1.63. The summed E-state index contributed by atoms with van der Waals surface area (Å²) in [6, 6.07) is 16.3. The van der Waals surface area contributed by atoms with Crippen molar-refractivity contribution >= 4 is 16.9 Å². The maximum absolute atomic E-state index is 13.1. The first-order valence-electron chi connectivity index (χ1n) is 10.6. The Morgan fingerprint density at radius 3 is 2.97 bits per heavy atom. The Kier molecular flexibility index (Phi) is 5.10. The smallest absolute Gasteiger partial charge is 0.253 e. The molecule has 1 amide bonds. The molecule has 0 N–H and O–H groups in total. The minimum atomic E-state index is 0.120. The molecule has 1 saturated heterocycles. The molecule has 1 unspecified atom stereocenters. The van der Waals surface area contributed by atoms with Gasteiger partial charge in [-0.2, -0.15) is 0 Å². The van der Waals surface area contributed by atoms with Gasteiger partial charge in [-0.05, 0) is 67.5 Å². The SMILES string of the molecule is O=C(c1cccc(-n2ccnc2)c1)N1CCCC(Cc2ccc3ccoc3c2)CC1.